The smallest absolute Gasteiger partial charge is 0.337 e. The minimum Gasteiger partial charge on any atom is -0.497 e. The van der Waals surface area contributed by atoms with Crippen molar-refractivity contribution in [2.24, 2.45) is 5.92 Å². The van der Waals surface area contributed by atoms with Gasteiger partial charge in [-0.2, -0.15) is 4.31 Å². The molecule has 8 heteroatoms. The largest absolute Gasteiger partial charge is 0.497 e. The number of benzene rings is 2. The number of sulfonamides is 1. The van der Waals surface area contributed by atoms with Gasteiger partial charge in [0.2, 0.25) is 10.0 Å². The highest BCUT2D eigenvalue weighted by atomic mass is 32.2. The number of Topliss-reactive ketones (excluding diaryl/α,β-unsaturated/α-hetero) is 1. The Hall–Kier alpha value is -2.71. The molecule has 2 aromatic carbocycles. The van der Waals surface area contributed by atoms with E-state index in [0.717, 1.165) is 0 Å². The molecule has 7 nitrogen and oxygen atoms in total. The second kappa shape index (κ2) is 8.75. The molecular weight excluding hydrogens is 394 g/mol. The summed E-state index contributed by atoms with van der Waals surface area (Å²) in [5.41, 5.74) is 0.890. The van der Waals surface area contributed by atoms with Crippen LogP contribution >= 0.6 is 0 Å². The number of carbonyl (C=O) groups excluding carboxylic acids is 2. The third-order valence-electron chi connectivity index (χ3n) is 5.11. The van der Waals surface area contributed by atoms with Gasteiger partial charge in [-0.05, 0) is 61.4 Å². The number of piperidine rings is 1. The number of methoxy groups -OCH3 is 2. The van der Waals surface area contributed by atoms with E-state index >= 15 is 0 Å². The van der Waals surface area contributed by atoms with Crippen LogP contribution in [0.25, 0.3) is 0 Å². The molecule has 0 radical (unpaired) electrons. The van der Waals surface area contributed by atoms with Crippen LogP contribution in [0.1, 0.15) is 33.6 Å². The van der Waals surface area contributed by atoms with Crippen LogP contribution in [0.5, 0.6) is 5.75 Å². The van der Waals surface area contributed by atoms with E-state index in [-0.39, 0.29) is 35.2 Å². The fourth-order valence-electron chi connectivity index (χ4n) is 3.38. The van der Waals surface area contributed by atoms with E-state index in [1.807, 2.05) is 0 Å². The molecule has 0 unspecified atom stereocenters. The SMILES string of the molecule is COC(=O)c1ccc(S(=O)(=O)N2CCC(C(=O)c3ccc(OC)cc3)CC2)cc1. The van der Waals surface area contributed by atoms with Crippen LogP contribution in [0.3, 0.4) is 0 Å². The van der Waals surface area contributed by atoms with E-state index in [0.29, 0.717) is 24.2 Å². The highest BCUT2D eigenvalue weighted by Crippen LogP contribution is 2.27. The molecule has 1 fully saturated rings. The van der Waals surface area contributed by atoms with Gasteiger partial charge >= 0.3 is 5.97 Å². The number of carbonyl (C=O) groups is 2. The van der Waals surface area contributed by atoms with E-state index in [4.69, 9.17) is 4.74 Å². The first-order valence-electron chi connectivity index (χ1n) is 9.23. The van der Waals surface area contributed by atoms with Gasteiger partial charge in [0.25, 0.3) is 0 Å². The van der Waals surface area contributed by atoms with Gasteiger partial charge in [-0.1, -0.05) is 0 Å². The summed E-state index contributed by atoms with van der Waals surface area (Å²) in [6.07, 6.45) is 0.925. The predicted octanol–water partition coefficient (Wildman–Crippen LogP) is 2.77. The van der Waals surface area contributed by atoms with Crippen molar-refractivity contribution >= 4 is 21.8 Å². The number of hydrogen-bond donors (Lipinski definition) is 0. The number of ketones is 1. The number of ether oxygens (including phenoxy) is 2. The monoisotopic (exact) mass is 417 g/mol. The number of esters is 1. The molecule has 0 spiro atoms. The first kappa shape index (κ1) is 21.0. The van der Waals surface area contributed by atoms with Gasteiger partial charge in [0.1, 0.15) is 5.75 Å². The molecule has 0 atom stereocenters. The third kappa shape index (κ3) is 4.49. The zero-order valence-corrected chi connectivity index (χ0v) is 17.1. The average Bonchev–Trinajstić information content (AvgIpc) is 2.78. The molecule has 1 heterocycles. The Balaban J connectivity index is 1.65. The Morgan fingerprint density at radius 3 is 1.97 bits per heavy atom. The lowest BCUT2D eigenvalue weighted by atomic mass is 9.89. The fraction of sp³-hybridized carbons (Fsp3) is 0.333. The van der Waals surface area contributed by atoms with Crippen LogP contribution < -0.4 is 4.74 Å². The minimum absolute atomic E-state index is 0.0205. The van der Waals surface area contributed by atoms with Gasteiger partial charge in [0.15, 0.2) is 5.78 Å². The van der Waals surface area contributed by atoms with Crippen molar-refractivity contribution in [2.45, 2.75) is 17.7 Å². The van der Waals surface area contributed by atoms with Crippen molar-refractivity contribution < 1.29 is 27.5 Å². The normalized spacial score (nSPS) is 15.7. The maximum Gasteiger partial charge on any atom is 0.337 e. The summed E-state index contributed by atoms with van der Waals surface area (Å²) in [4.78, 5) is 24.3. The van der Waals surface area contributed by atoms with Crippen LogP contribution in [0, 0.1) is 5.92 Å². The lowest BCUT2D eigenvalue weighted by Gasteiger charge is -2.30. The summed E-state index contributed by atoms with van der Waals surface area (Å²) in [7, 11) is -0.847. The van der Waals surface area contributed by atoms with Gasteiger partial charge in [-0.15, -0.1) is 0 Å². The van der Waals surface area contributed by atoms with Crippen LogP contribution in [0.4, 0.5) is 0 Å². The highest BCUT2D eigenvalue weighted by Gasteiger charge is 2.32. The average molecular weight is 417 g/mol. The molecule has 0 bridgehead atoms. The predicted molar refractivity (Wildman–Crippen MR) is 107 cm³/mol. The second-order valence-electron chi connectivity index (χ2n) is 6.79. The van der Waals surface area contributed by atoms with Gasteiger partial charge in [-0.3, -0.25) is 4.79 Å². The number of rotatable bonds is 6. The van der Waals surface area contributed by atoms with Gasteiger partial charge < -0.3 is 9.47 Å². The van der Waals surface area contributed by atoms with Crippen molar-refractivity contribution in [3.8, 4) is 5.75 Å². The molecule has 1 aliphatic heterocycles. The third-order valence-corrected chi connectivity index (χ3v) is 7.03. The van der Waals surface area contributed by atoms with E-state index in [9.17, 15) is 18.0 Å². The van der Waals surface area contributed by atoms with Gasteiger partial charge in [-0.25, -0.2) is 13.2 Å². The number of hydrogen-bond acceptors (Lipinski definition) is 6. The first-order chi connectivity index (χ1) is 13.9. The second-order valence-corrected chi connectivity index (χ2v) is 8.73. The molecule has 0 N–H and O–H groups in total. The van der Waals surface area contributed by atoms with Gasteiger partial charge in [0, 0.05) is 24.6 Å². The molecule has 0 saturated carbocycles. The summed E-state index contributed by atoms with van der Waals surface area (Å²) in [5, 5.41) is 0. The maximum atomic E-state index is 12.9. The van der Waals surface area contributed by atoms with E-state index in [1.165, 1.54) is 35.7 Å². The standard InChI is InChI=1S/C21H23NO6S/c1-27-18-7-3-15(4-8-18)20(23)16-11-13-22(14-12-16)29(25,26)19-9-5-17(6-10-19)21(24)28-2/h3-10,16H,11-14H2,1-2H3. The van der Waals surface area contributed by atoms with Crippen LogP contribution in [-0.4, -0.2) is 51.8 Å². The van der Waals surface area contributed by atoms with Crippen LogP contribution in [0.15, 0.2) is 53.4 Å². The molecule has 29 heavy (non-hydrogen) atoms. The lowest BCUT2D eigenvalue weighted by Crippen LogP contribution is -2.40. The molecule has 0 amide bonds. The van der Waals surface area contributed by atoms with Crippen molar-refractivity contribution in [1.29, 1.82) is 0 Å². The van der Waals surface area contributed by atoms with E-state index in [1.54, 1.807) is 31.4 Å². The molecule has 0 aromatic heterocycles. The summed E-state index contributed by atoms with van der Waals surface area (Å²) in [6.45, 7) is 0.543. The molecule has 1 aliphatic rings. The molecule has 154 valence electrons. The Morgan fingerprint density at radius 2 is 1.45 bits per heavy atom. The summed E-state index contributed by atoms with van der Waals surface area (Å²) >= 11 is 0. The molecule has 1 saturated heterocycles. The fourth-order valence-corrected chi connectivity index (χ4v) is 4.85. The summed E-state index contributed by atoms with van der Waals surface area (Å²) in [6, 6.07) is 12.6. The Morgan fingerprint density at radius 1 is 0.897 bits per heavy atom. The Kier molecular flexibility index (Phi) is 6.34. The molecular formula is C21H23NO6S. The minimum atomic E-state index is -3.68. The van der Waals surface area contributed by atoms with Crippen LogP contribution in [-0.2, 0) is 14.8 Å². The highest BCUT2D eigenvalue weighted by molar-refractivity contribution is 7.89. The topological polar surface area (TPSA) is 90.0 Å². The summed E-state index contributed by atoms with van der Waals surface area (Å²) in [5.74, 6) is -0.0313. The van der Waals surface area contributed by atoms with Crippen molar-refractivity contribution in [1.82, 2.24) is 4.31 Å². The zero-order chi connectivity index (χ0) is 21.0. The van der Waals surface area contributed by atoms with E-state index in [2.05, 4.69) is 4.74 Å². The molecule has 2 aromatic rings. The lowest BCUT2D eigenvalue weighted by molar-refractivity contribution is 0.0600. The van der Waals surface area contributed by atoms with E-state index < -0.39 is 16.0 Å². The van der Waals surface area contributed by atoms with Crippen molar-refractivity contribution in [2.75, 3.05) is 27.3 Å². The van der Waals surface area contributed by atoms with Crippen molar-refractivity contribution in [3.63, 3.8) is 0 Å². The first-order valence-corrected chi connectivity index (χ1v) is 10.7. The zero-order valence-electron chi connectivity index (χ0n) is 16.3. The number of nitrogens with zero attached hydrogens (tertiary/aromatic N) is 1. The van der Waals surface area contributed by atoms with Crippen molar-refractivity contribution in [3.05, 3.63) is 59.7 Å². The summed E-state index contributed by atoms with van der Waals surface area (Å²) < 4.78 is 36.8. The Bertz CT molecular complexity index is 975. The van der Waals surface area contributed by atoms with Gasteiger partial charge in [0.05, 0.1) is 24.7 Å². The maximum absolute atomic E-state index is 12.9. The molecule has 3 rings (SSSR count). The Labute approximate surface area is 170 Å². The quantitative estimate of drug-likeness (QED) is 0.530. The van der Waals surface area contributed by atoms with Crippen LogP contribution in [0.2, 0.25) is 0 Å². The molecule has 0 aliphatic carbocycles.